The Morgan fingerprint density at radius 1 is 1.11 bits per heavy atom. The zero-order valence-electron chi connectivity index (χ0n) is 15.0. The fraction of sp³-hybridized carbons (Fsp3) is 0.190. The van der Waals surface area contributed by atoms with Crippen LogP contribution < -0.4 is 10.9 Å². The molecule has 4 rings (SSSR count). The third kappa shape index (κ3) is 3.33. The number of carbonyl (C=O) groups excluding carboxylic acids is 1. The van der Waals surface area contributed by atoms with Gasteiger partial charge in [0.15, 0.2) is 0 Å². The molecule has 27 heavy (non-hydrogen) atoms. The second kappa shape index (κ2) is 7.07. The number of hydrogen-bond acceptors (Lipinski definition) is 3. The molecule has 6 nitrogen and oxygen atoms in total. The van der Waals surface area contributed by atoms with Crippen molar-refractivity contribution < 1.29 is 4.79 Å². The van der Waals surface area contributed by atoms with Crippen molar-refractivity contribution in [1.82, 2.24) is 20.1 Å². The summed E-state index contributed by atoms with van der Waals surface area (Å²) in [5.41, 5.74) is 2.89. The molecule has 0 bridgehead atoms. The summed E-state index contributed by atoms with van der Waals surface area (Å²) in [7, 11) is 0. The Morgan fingerprint density at radius 2 is 1.85 bits per heavy atom. The lowest BCUT2D eigenvalue weighted by molar-refractivity contribution is -0.120. The molecule has 0 fully saturated rings. The predicted octanol–water partition coefficient (Wildman–Crippen LogP) is 2.55. The Kier molecular flexibility index (Phi) is 4.46. The van der Waals surface area contributed by atoms with E-state index in [1.807, 2.05) is 49.4 Å². The summed E-state index contributed by atoms with van der Waals surface area (Å²) in [6.45, 7) is 2.66. The summed E-state index contributed by atoms with van der Waals surface area (Å²) in [6, 6.07) is 15.3. The number of para-hydroxylation sites is 1. The summed E-state index contributed by atoms with van der Waals surface area (Å²) in [6.07, 6.45) is 1.98. The molecular weight excluding hydrogens is 340 g/mol. The van der Waals surface area contributed by atoms with Crippen LogP contribution in [0, 0.1) is 6.92 Å². The van der Waals surface area contributed by atoms with Crippen molar-refractivity contribution in [3.05, 3.63) is 76.3 Å². The number of H-pyrrole nitrogens is 1. The average molecular weight is 360 g/mol. The Bertz CT molecular complexity index is 1190. The maximum absolute atomic E-state index is 12.4. The maximum atomic E-state index is 12.4. The summed E-state index contributed by atoms with van der Waals surface area (Å²) in [5.74, 6) is -0.0725. The maximum Gasteiger partial charge on any atom is 0.274 e. The SMILES string of the molecule is Cc1[nH]c2ccccc2c1CC(=O)NCCn1ncc2ccccc2c1=O. The highest BCUT2D eigenvalue weighted by Crippen LogP contribution is 2.22. The van der Waals surface area contributed by atoms with Gasteiger partial charge in [-0.2, -0.15) is 5.10 Å². The molecule has 4 aromatic rings. The van der Waals surface area contributed by atoms with E-state index >= 15 is 0 Å². The van der Waals surface area contributed by atoms with Gasteiger partial charge >= 0.3 is 0 Å². The van der Waals surface area contributed by atoms with Crippen molar-refractivity contribution in [3.63, 3.8) is 0 Å². The van der Waals surface area contributed by atoms with Crippen molar-refractivity contribution in [2.24, 2.45) is 0 Å². The van der Waals surface area contributed by atoms with Crippen molar-refractivity contribution in [2.75, 3.05) is 6.54 Å². The molecule has 0 unspecified atom stereocenters. The first-order chi connectivity index (χ1) is 13.1. The van der Waals surface area contributed by atoms with E-state index in [0.29, 0.717) is 24.9 Å². The normalized spacial score (nSPS) is 11.1. The first-order valence-electron chi connectivity index (χ1n) is 8.91. The zero-order valence-corrected chi connectivity index (χ0v) is 15.0. The van der Waals surface area contributed by atoms with Crippen LogP contribution in [-0.4, -0.2) is 27.2 Å². The number of rotatable bonds is 5. The van der Waals surface area contributed by atoms with Crippen molar-refractivity contribution in [1.29, 1.82) is 0 Å². The van der Waals surface area contributed by atoms with Crippen LogP contribution in [0.15, 0.2) is 59.5 Å². The first kappa shape index (κ1) is 17.0. The van der Waals surface area contributed by atoms with Crippen molar-refractivity contribution in [2.45, 2.75) is 19.9 Å². The highest BCUT2D eigenvalue weighted by atomic mass is 16.1. The molecule has 2 heterocycles. The van der Waals surface area contributed by atoms with Gasteiger partial charge in [-0.3, -0.25) is 9.59 Å². The smallest absolute Gasteiger partial charge is 0.274 e. The third-order valence-corrected chi connectivity index (χ3v) is 4.77. The number of aromatic amines is 1. The van der Waals surface area contributed by atoms with Crippen LogP contribution in [0.4, 0.5) is 0 Å². The first-order valence-corrected chi connectivity index (χ1v) is 8.91. The number of aryl methyl sites for hydroxylation is 1. The number of carbonyl (C=O) groups is 1. The molecule has 0 aliphatic rings. The molecule has 0 radical (unpaired) electrons. The van der Waals surface area contributed by atoms with Gasteiger partial charge in [-0.15, -0.1) is 0 Å². The van der Waals surface area contributed by atoms with Gasteiger partial charge in [-0.1, -0.05) is 36.4 Å². The van der Waals surface area contributed by atoms with Crippen LogP contribution >= 0.6 is 0 Å². The number of amides is 1. The molecule has 0 saturated heterocycles. The molecule has 0 spiro atoms. The molecule has 0 aliphatic carbocycles. The molecule has 2 N–H and O–H groups in total. The molecule has 0 saturated carbocycles. The molecule has 136 valence electrons. The van der Waals surface area contributed by atoms with Crippen LogP contribution in [-0.2, 0) is 17.8 Å². The molecule has 2 aromatic heterocycles. The molecule has 1 amide bonds. The summed E-state index contributed by atoms with van der Waals surface area (Å²) < 4.78 is 1.39. The van der Waals surface area contributed by atoms with Gasteiger partial charge in [0, 0.05) is 28.5 Å². The van der Waals surface area contributed by atoms with Crippen molar-refractivity contribution >= 4 is 27.6 Å². The number of hydrogen-bond donors (Lipinski definition) is 2. The number of nitrogens with one attached hydrogen (secondary N) is 2. The summed E-state index contributed by atoms with van der Waals surface area (Å²) in [4.78, 5) is 28.1. The summed E-state index contributed by atoms with van der Waals surface area (Å²) in [5, 5.41) is 9.58. The quantitative estimate of drug-likeness (QED) is 0.574. The topological polar surface area (TPSA) is 79.8 Å². The van der Waals surface area contributed by atoms with Gasteiger partial charge in [-0.05, 0) is 24.6 Å². The average Bonchev–Trinajstić information content (AvgIpc) is 2.99. The lowest BCUT2D eigenvalue weighted by Gasteiger charge is -2.08. The van der Waals surface area contributed by atoms with Crippen molar-refractivity contribution in [3.8, 4) is 0 Å². The van der Waals surface area contributed by atoms with Crippen LogP contribution in [0.25, 0.3) is 21.7 Å². The minimum atomic E-state index is -0.144. The highest BCUT2D eigenvalue weighted by Gasteiger charge is 2.12. The highest BCUT2D eigenvalue weighted by molar-refractivity contribution is 5.90. The van der Waals surface area contributed by atoms with Gasteiger partial charge in [0.05, 0.1) is 24.5 Å². The van der Waals surface area contributed by atoms with Gasteiger partial charge in [-0.25, -0.2) is 4.68 Å². The Balaban J connectivity index is 1.42. The fourth-order valence-corrected chi connectivity index (χ4v) is 3.37. The lowest BCUT2D eigenvalue weighted by Crippen LogP contribution is -2.32. The second-order valence-electron chi connectivity index (χ2n) is 6.56. The van der Waals surface area contributed by atoms with E-state index in [-0.39, 0.29) is 11.5 Å². The number of aromatic nitrogens is 3. The Morgan fingerprint density at radius 3 is 2.70 bits per heavy atom. The number of fused-ring (bicyclic) bond motifs is 2. The van der Waals surface area contributed by atoms with E-state index in [0.717, 1.165) is 27.5 Å². The lowest BCUT2D eigenvalue weighted by atomic mass is 10.1. The largest absolute Gasteiger partial charge is 0.358 e. The van der Waals surface area contributed by atoms with E-state index < -0.39 is 0 Å². The monoisotopic (exact) mass is 360 g/mol. The molecule has 0 aliphatic heterocycles. The Labute approximate surface area is 155 Å². The zero-order chi connectivity index (χ0) is 18.8. The van der Waals surface area contributed by atoms with Gasteiger partial charge in [0.1, 0.15) is 0 Å². The van der Waals surface area contributed by atoms with Crippen LogP contribution in [0.3, 0.4) is 0 Å². The van der Waals surface area contributed by atoms with E-state index in [4.69, 9.17) is 0 Å². The summed E-state index contributed by atoms with van der Waals surface area (Å²) >= 11 is 0. The molecule has 6 heteroatoms. The number of benzene rings is 2. The molecular formula is C21H20N4O2. The minimum absolute atomic E-state index is 0.0725. The fourth-order valence-electron chi connectivity index (χ4n) is 3.37. The third-order valence-electron chi connectivity index (χ3n) is 4.77. The standard InChI is InChI=1S/C21H20N4O2/c1-14-18(17-8-4-5-9-19(17)24-14)12-20(26)22-10-11-25-21(27)16-7-3-2-6-15(16)13-23-25/h2-9,13,24H,10-12H2,1H3,(H,22,26). The van der Waals surface area contributed by atoms with Crippen LogP contribution in [0.1, 0.15) is 11.3 Å². The van der Waals surface area contributed by atoms with Crippen LogP contribution in [0.5, 0.6) is 0 Å². The molecule has 0 atom stereocenters. The number of nitrogens with zero attached hydrogens (tertiary/aromatic N) is 2. The Hall–Kier alpha value is -3.41. The second-order valence-corrected chi connectivity index (χ2v) is 6.56. The minimum Gasteiger partial charge on any atom is -0.358 e. The molecule has 2 aromatic carbocycles. The van der Waals surface area contributed by atoms with Gasteiger partial charge < -0.3 is 10.3 Å². The van der Waals surface area contributed by atoms with E-state index in [9.17, 15) is 9.59 Å². The van der Waals surface area contributed by atoms with E-state index in [1.165, 1.54) is 4.68 Å². The van der Waals surface area contributed by atoms with Gasteiger partial charge in [0.2, 0.25) is 5.91 Å². The predicted molar refractivity (Wildman–Crippen MR) is 106 cm³/mol. The van der Waals surface area contributed by atoms with Crippen LogP contribution in [0.2, 0.25) is 0 Å². The van der Waals surface area contributed by atoms with E-state index in [1.54, 1.807) is 12.3 Å². The van der Waals surface area contributed by atoms with E-state index in [2.05, 4.69) is 15.4 Å². The van der Waals surface area contributed by atoms with Gasteiger partial charge in [0.25, 0.3) is 5.56 Å².